The number of halogens is 1. The van der Waals surface area contributed by atoms with Crippen molar-refractivity contribution in [2.45, 2.75) is 0 Å². The van der Waals surface area contributed by atoms with Crippen molar-refractivity contribution < 1.29 is 9.53 Å². The average Bonchev–Trinajstić information content (AvgIpc) is 3.02. The Morgan fingerprint density at radius 1 is 1.14 bits per heavy atom. The number of carbonyl (C=O) groups is 1. The molecule has 0 unspecified atom stereocenters. The maximum atomic E-state index is 12.0. The van der Waals surface area contributed by atoms with E-state index >= 15 is 0 Å². The molecule has 0 bridgehead atoms. The minimum absolute atomic E-state index is 0.385. The monoisotopic (exact) mass is 392 g/mol. The summed E-state index contributed by atoms with van der Waals surface area (Å²) < 4.78 is 7.83. The molecule has 6 nitrogen and oxygen atoms in total. The summed E-state index contributed by atoms with van der Waals surface area (Å²) in [5, 5.41) is 10.9. The van der Waals surface area contributed by atoms with Crippen LogP contribution in [0.2, 0.25) is 0 Å². The molecule has 3 rings (SSSR count). The van der Waals surface area contributed by atoms with E-state index in [9.17, 15) is 4.79 Å². The number of esters is 1. The van der Waals surface area contributed by atoms with Gasteiger partial charge in [0.15, 0.2) is 0 Å². The van der Waals surface area contributed by atoms with Gasteiger partial charge in [-0.3, -0.25) is 0 Å². The Morgan fingerprint density at radius 2 is 1.95 bits per heavy atom. The van der Waals surface area contributed by atoms with Gasteiger partial charge in [0.2, 0.25) is 0 Å². The number of hydrogen-bond acceptors (Lipinski definition) is 5. The van der Waals surface area contributed by atoms with Gasteiger partial charge in [-0.1, -0.05) is 6.07 Å². The van der Waals surface area contributed by atoms with E-state index in [1.165, 1.54) is 11.0 Å². The lowest BCUT2D eigenvalue weighted by atomic mass is 10.2. The third-order valence-corrected chi connectivity index (χ3v) is 3.39. The molecule has 0 amide bonds. The number of ether oxygens (including phenoxy) is 1. The first-order valence-electron chi connectivity index (χ1n) is 6.03. The molecule has 0 saturated heterocycles. The van der Waals surface area contributed by atoms with Gasteiger partial charge in [-0.15, -0.1) is 5.10 Å². The van der Waals surface area contributed by atoms with Crippen LogP contribution >= 0.6 is 22.6 Å². The Bertz CT molecular complexity index is 757. The smallest absolute Gasteiger partial charge is 0.343 e. The van der Waals surface area contributed by atoms with Crippen LogP contribution in [0.5, 0.6) is 5.75 Å². The van der Waals surface area contributed by atoms with E-state index in [0.29, 0.717) is 11.3 Å². The fourth-order valence-electron chi connectivity index (χ4n) is 1.73. The zero-order valence-corrected chi connectivity index (χ0v) is 12.8. The molecular formula is C14H9IN4O2. The van der Waals surface area contributed by atoms with Crippen molar-refractivity contribution in [2.24, 2.45) is 0 Å². The first kappa shape index (κ1) is 13.7. The van der Waals surface area contributed by atoms with E-state index in [2.05, 4.69) is 38.1 Å². The summed E-state index contributed by atoms with van der Waals surface area (Å²) in [5.74, 6) is 0.0828. The molecule has 0 radical (unpaired) electrons. The summed E-state index contributed by atoms with van der Waals surface area (Å²) in [6, 6.07) is 14.2. The number of nitrogens with zero attached hydrogens (tertiary/aromatic N) is 4. The number of carbonyl (C=O) groups excluding carboxylic acids is 1. The van der Waals surface area contributed by atoms with E-state index in [1.54, 1.807) is 36.4 Å². The van der Waals surface area contributed by atoms with Gasteiger partial charge in [0, 0.05) is 3.57 Å². The minimum Gasteiger partial charge on any atom is -0.423 e. The lowest BCUT2D eigenvalue weighted by Crippen LogP contribution is -2.08. The highest BCUT2D eigenvalue weighted by molar-refractivity contribution is 14.1. The topological polar surface area (TPSA) is 69.9 Å². The molecule has 0 N–H and O–H groups in total. The van der Waals surface area contributed by atoms with Crippen LogP contribution in [0, 0.1) is 3.57 Å². The Labute approximate surface area is 133 Å². The number of rotatable bonds is 3. The lowest BCUT2D eigenvalue weighted by molar-refractivity contribution is 0.0734. The Hall–Kier alpha value is -2.29. The van der Waals surface area contributed by atoms with Crippen LogP contribution in [-0.4, -0.2) is 26.2 Å². The second-order valence-corrected chi connectivity index (χ2v) is 5.39. The number of hydrogen-bond donors (Lipinski definition) is 0. The molecule has 3 aromatic rings. The van der Waals surface area contributed by atoms with Crippen LogP contribution in [0.4, 0.5) is 0 Å². The van der Waals surface area contributed by atoms with Crippen molar-refractivity contribution in [3.05, 3.63) is 64.0 Å². The molecule has 1 aromatic heterocycles. The SMILES string of the molecule is O=C(Oc1ccc(-n2cnnn2)cc1)c1cccc(I)c1. The minimum atomic E-state index is -0.385. The van der Waals surface area contributed by atoms with Gasteiger partial charge in [-0.2, -0.15) is 0 Å². The number of benzene rings is 2. The van der Waals surface area contributed by atoms with Crippen LogP contribution in [0.1, 0.15) is 10.4 Å². The number of aromatic nitrogens is 4. The molecular weight excluding hydrogens is 383 g/mol. The van der Waals surface area contributed by atoms with Gasteiger partial charge in [0.1, 0.15) is 12.1 Å². The summed E-state index contributed by atoms with van der Waals surface area (Å²) in [4.78, 5) is 12.0. The second-order valence-electron chi connectivity index (χ2n) is 4.15. The van der Waals surface area contributed by atoms with E-state index in [0.717, 1.165) is 9.26 Å². The van der Waals surface area contributed by atoms with Crippen molar-refractivity contribution in [1.29, 1.82) is 0 Å². The molecule has 0 saturated carbocycles. The summed E-state index contributed by atoms with van der Waals surface area (Å²) in [6.07, 6.45) is 1.49. The standard InChI is InChI=1S/C14H9IN4O2/c15-11-3-1-2-10(8-11)14(20)21-13-6-4-12(5-7-13)19-9-16-17-18-19/h1-9H. The summed E-state index contributed by atoms with van der Waals surface area (Å²) >= 11 is 2.15. The van der Waals surface area contributed by atoms with Gasteiger partial charge in [0.05, 0.1) is 11.3 Å². The van der Waals surface area contributed by atoms with E-state index in [-0.39, 0.29) is 5.97 Å². The fraction of sp³-hybridized carbons (Fsp3) is 0. The van der Waals surface area contributed by atoms with Crippen LogP contribution in [0.25, 0.3) is 5.69 Å². The largest absolute Gasteiger partial charge is 0.423 e. The predicted molar refractivity (Wildman–Crippen MR) is 83.3 cm³/mol. The first-order valence-corrected chi connectivity index (χ1v) is 7.11. The van der Waals surface area contributed by atoms with Crippen molar-refractivity contribution in [3.63, 3.8) is 0 Å². The van der Waals surface area contributed by atoms with Gasteiger partial charge in [-0.05, 0) is 75.5 Å². The van der Waals surface area contributed by atoms with Crippen LogP contribution in [0.3, 0.4) is 0 Å². The van der Waals surface area contributed by atoms with E-state index < -0.39 is 0 Å². The van der Waals surface area contributed by atoms with Crippen LogP contribution in [-0.2, 0) is 0 Å². The predicted octanol–water partition coefficient (Wildman–Crippen LogP) is 2.49. The quantitative estimate of drug-likeness (QED) is 0.389. The molecule has 0 aliphatic carbocycles. The Morgan fingerprint density at radius 3 is 2.62 bits per heavy atom. The van der Waals surface area contributed by atoms with E-state index in [4.69, 9.17) is 4.74 Å². The zero-order chi connectivity index (χ0) is 14.7. The van der Waals surface area contributed by atoms with Gasteiger partial charge in [0.25, 0.3) is 0 Å². The molecule has 0 aliphatic heterocycles. The lowest BCUT2D eigenvalue weighted by Gasteiger charge is -2.05. The van der Waals surface area contributed by atoms with Gasteiger partial charge in [-0.25, -0.2) is 9.48 Å². The second kappa shape index (κ2) is 6.00. The maximum Gasteiger partial charge on any atom is 0.343 e. The molecule has 0 fully saturated rings. The summed E-state index contributed by atoms with van der Waals surface area (Å²) in [6.45, 7) is 0. The zero-order valence-electron chi connectivity index (χ0n) is 10.7. The van der Waals surface area contributed by atoms with Crippen molar-refractivity contribution in [3.8, 4) is 11.4 Å². The maximum absolute atomic E-state index is 12.0. The molecule has 1 heterocycles. The third-order valence-electron chi connectivity index (χ3n) is 2.72. The van der Waals surface area contributed by atoms with Crippen molar-refractivity contribution in [2.75, 3.05) is 0 Å². The first-order chi connectivity index (χ1) is 10.2. The van der Waals surface area contributed by atoms with Crippen molar-refractivity contribution >= 4 is 28.6 Å². The highest BCUT2D eigenvalue weighted by Crippen LogP contribution is 2.16. The average molecular weight is 392 g/mol. The van der Waals surface area contributed by atoms with Gasteiger partial charge < -0.3 is 4.74 Å². The Kier molecular flexibility index (Phi) is 3.91. The highest BCUT2D eigenvalue weighted by Gasteiger charge is 2.09. The normalized spacial score (nSPS) is 10.3. The molecule has 2 aromatic carbocycles. The fourth-order valence-corrected chi connectivity index (χ4v) is 2.27. The highest BCUT2D eigenvalue weighted by atomic mass is 127. The van der Waals surface area contributed by atoms with Crippen molar-refractivity contribution in [1.82, 2.24) is 20.2 Å². The molecule has 21 heavy (non-hydrogen) atoms. The molecule has 0 aliphatic rings. The Balaban J connectivity index is 1.75. The van der Waals surface area contributed by atoms with Crippen LogP contribution in [0.15, 0.2) is 54.9 Å². The molecule has 7 heteroatoms. The summed E-state index contributed by atoms with van der Waals surface area (Å²) in [7, 11) is 0. The van der Waals surface area contributed by atoms with E-state index in [1.807, 2.05) is 12.1 Å². The number of tetrazole rings is 1. The van der Waals surface area contributed by atoms with Gasteiger partial charge >= 0.3 is 5.97 Å². The molecule has 104 valence electrons. The molecule has 0 spiro atoms. The third kappa shape index (κ3) is 3.24. The molecule has 0 atom stereocenters. The van der Waals surface area contributed by atoms with Crippen LogP contribution < -0.4 is 4.74 Å². The summed E-state index contributed by atoms with van der Waals surface area (Å²) in [5.41, 5.74) is 1.31.